The average Bonchev–Trinajstić information content (AvgIpc) is 3.05. The molecule has 1 aromatic rings. The third-order valence-electron chi connectivity index (χ3n) is 5.03. The van der Waals surface area contributed by atoms with Gasteiger partial charge in [-0.25, -0.2) is 0 Å². The minimum atomic E-state index is 0.150. The summed E-state index contributed by atoms with van der Waals surface area (Å²) in [4.78, 5) is 14.4. The molecular weight excluding hydrogens is 306 g/mol. The van der Waals surface area contributed by atoms with E-state index < -0.39 is 0 Å². The minimum Gasteiger partial charge on any atom is -0.493 e. The topological polar surface area (TPSA) is 48.0 Å². The van der Waals surface area contributed by atoms with Gasteiger partial charge in [0.05, 0.1) is 20.3 Å². The Morgan fingerprint density at radius 2 is 2.21 bits per heavy atom. The number of nitrogens with zero attached hydrogens (tertiary/aromatic N) is 1. The van der Waals surface area contributed by atoms with Crippen LogP contribution in [0.3, 0.4) is 0 Å². The van der Waals surface area contributed by atoms with Crippen LogP contribution in [-0.4, -0.2) is 44.3 Å². The number of rotatable bonds is 6. The van der Waals surface area contributed by atoms with Gasteiger partial charge in [0, 0.05) is 37.1 Å². The van der Waals surface area contributed by atoms with Gasteiger partial charge in [-0.2, -0.15) is 0 Å². The van der Waals surface area contributed by atoms with Crippen molar-refractivity contribution in [3.8, 4) is 11.5 Å². The summed E-state index contributed by atoms with van der Waals surface area (Å²) in [6.07, 6.45) is 3.53. The molecule has 0 aliphatic carbocycles. The van der Waals surface area contributed by atoms with Crippen LogP contribution in [0.5, 0.6) is 11.5 Å². The van der Waals surface area contributed by atoms with E-state index in [1.54, 1.807) is 7.11 Å². The molecule has 1 spiro atoms. The van der Waals surface area contributed by atoms with Gasteiger partial charge in [0.1, 0.15) is 0 Å². The number of methoxy groups -OCH3 is 1. The lowest BCUT2D eigenvalue weighted by Crippen LogP contribution is -2.46. The standard InChI is InChI=1S/C19H27NO4/c1-3-10-24-18-15(5-4-6-16(18)22-2)12-20-13-19(8-7-17(20)21)9-11-23-14-19/h4-6H,3,7-14H2,1-2H3/t19-/m1/s1. The molecule has 0 N–H and O–H groups in total. The maximum Gasteiger partial charge on any atom is 0.222 e. The fraction of sp³-hybridized carbons (Fsp3) is 0.632. The normalized spacial score (nSPS) is 23.8. The lowest BCUT2D eigenvalue weighted by Gasteiger charge is -2.39. The van der Waals surface area contributed by atoms with Crippen LogP contribution >= 0.6 is 0 Å². The molecule has 1 aromatic carbocycles. The van der Waals surface area contributed by atoms with Crippen LogP contribution in [0, 0.1) is 5.41 Å². The van der Waals surface area contributed by atoms with Crippen molar-refractivity contribution in [1.82, 2.24) is 4.90 Å². The Kier molecular flexibility index (Phi) is 5.29. The number of amides is 1. The summed E-state index contributed by atoms with van der Waals surface area (Å²) < 4.78 is 17.0. The molecule has 0 bridgehead atoms. The lowest BCUT2D eigenvalue weighted by molar-refractivity contribution is -0.138. The first-order valence-electron chi connectivity index (χ1n) is 8.82. The molecule has 2 heterocycles. The highest BCUT2D eigenvalue weighted by Crippen LogP contribution is 2.39. The van der Waals surface area contributed by atoms with Crippen LogP contribution in [0.2, 0.25) is 0 Å². The summed E-state index contributed by atoms with van der Waals surface area (Å²) in [5.41, 5.74) is 1.16. The first kappa shape index (κ1) is 17.1. The Morgan fingerprint density at radius 3 is 2.92 bits per heavy atom. The van der Waals surface area contributed by atoms with E-state index in [9.17, 15) is 4.79 Å². The van der Waals surface area contributed by atoms with Gasteiger partial charge in [-0.15, -0.1) is 0 Å². The molecule has 24 heavy (non-hydrogen) atoms. The van der Waals surface area contributed by atoms with Crippen molar-refractivity contribution in [2.45, 2.75) is 39.2 Å². The molecular formula is C19H27NO4. The van der Waals surface area contributed by atoms with Gasteiger partial charge in [-0.3, -0.25) is 4.79 Å². The smallest absolute Gasteiger partial charge is 0.222 e. The molecule has 2 saturated heterocycles. The summed E-state index contributed by atoms with van der Waals surface area (Å²) in [5.74, 6) is 1.71. The van der Waals surface area contributed by atoms with E-state index >= 15 is 0 Å². The fourth-order valence-corrected chi connectivity index (χ4v) is 3.64. The number of hydrogen-bond donors (Lipinski definition) is 0. The predicted octanol–water partition coefficient (Wildman–Crippen LogP) is 3.01. The third-order valence-corrected chi connectivity index (χ3v) is 5.03. The van der Waals surface area contributed by atoms with Gasteiger partial charge in [-0.1, -0.05) is 19.1 Å². The highest BCUT2D eigenvalue weighted by atomic mass is 16.5. The zero-order chi connectivity index (χ0) is 17.0. The number of hydrogen-bond acceptors (Lipinski definition) is 4. The monoisotopic (exact) mass is 333 g/mol. The van der Waals surface area contributed by atoms with Gasteiger partial charge in [0.2, 0.25) is 5.91 Å². The highest BCUT2D eigenvalue weighted by molar-refractivity contribution is 5.77. The van der Waals surface area contributed by atoms with E-state index in [0.717, 1.165) is 56.1 Å². The summed E-state index contributed by atoms with van der Waals surface area (Å²) in [6, 6.07) is 5.88. The zero-order valence-electron chi connectivity index (χ0n) is 14.7. The molecule has 132 valence electrons. The van der Waals surface area contributed by atoms with Gasteiger partial charge < -0.3 is 19.1 Å². The summed E-state index contributed by atoms with van der Waals surface area (Å²) >= 11 is 0. The van der Waals surface area contributed by atoms with Gasteiger partial charge in [-0.05, 0) is 25.3 Å². The number of likely N-dealkylation sites (tertiary alicyclic amines) is 1. The van der Waals surface area contributed by atoms with E-state index in [-0.39, 0.29) is 11.3 Å². The van der Waals surface area contributed by atoms with Crippen molar-refractivity contribution in [2.24, 2.45) is 5.41 Å². The van der Waals surface area contributed by atoms with Gasteiger partial charge >= 0.3 is 0 Å². The Morgan fingerprint density at radius 1 is 1.33 bits per heavy atom. The van der Waals surface area contributed by atoms with E-state index in [2.05, 4.69) is 6.92 Å². The van der Waals surface area contributed by atoms with Crippen molar-refractivity contribution in [3.63, 3.8) is 0 Å². The molecule has 5 heteroatoms. The highest BCUT2D eigenvalue weighted by Gasteiger charge is 2.41. The molecule has 0 radical (unpaired) electrons. The quantitative estimate of drug-likeness (QED) is 0.803. The molecule has 2 aliphatic rings. The largest absolute Gasteiger partial charge is 0.493 e. The molecule has 0 unspecified atom stereocenters. The fourth-order valence-electron chi connectivity index (χ4n) is 3.64. The molecule has 0 aromatic heterocycles. The van der Waals surface area contributed by atoms with Gasteiger partial charge in [0.25, 0.3) is 0 Å². The summed E-state index contributed by atoms with van der Waals surface area (Å²) in [6.45, 7) is 5.64. The van der Waals surface area contributed by atoms with E-state index in [0.29, 0.717) is 19.6 Å². The van der Waals surface area contributed by atoms with E-state index in [4.69, 9.17) is 14.2 Å². The number of piperidine rings is 1. The van der Waals surface area contributed by atoms with Crippen molar-refractivity contribution >= 4 is 5.91 Å². The average molecular weight is 333 g/mol. The van der Waals surface area contributed by atoms with Crippen LogP contribution in [0.1, 0.15) is 38.2 Å². The zero-order valence-corrected chi connectivity index (χ0v) is 14.7. The minimum absolute atomic E-state index is 0.150. The van der Waals surface area contributed by atoms with Crippen LogP contribution in [0.15, 0.2) is 18.2 Å². The van der Waals surface area contributed by atoms with Crippen molar-refractivity contribution in [2.75, 3.05) is 33.5 Å². The molecule has 1 amide bonds. The third kappa shape index (κ3) is 3.51. The van der Waals surface area contributed by atoms with E-state index in [1.807, 2.05) is 23.1 Å². The molecule has 1 atom stereocenters. The molecule has 2 aliphatic heterocycles. The molecule has 5 nitrogen and oxygen atoms in total. The van der Waals surface area contributed by atoms with Crippen LogP contribution in [0.4, 0.5) is 0 Å². The second kappa shape index (κ2) is 7.43. The molecule has 0 saturated carbocycles. The maximum absolute atomic E-state index is 12.4. The number of carbonyl (C=O) groups is 1. The van der Waals surface area contributed by atoms with Crippen molar-refractivity contribution < 1.29 is 19.0 Å². The SMILES string of the molecule is CCCOc1c(CN2C[C@]3(CCOC3)CCC2=O)cccc1OC. The first-order chi connectivity index (χ1) is 11.7. The van der Waals surface area contributed by atoms with Gasteiger partial charge in [0.15, 0.2) is 11.5 Å². The number of carbonyl (C=O) groups excluding carboxylic acids is 1. The Hall–Kier alpha value is -1.75. The number of para-hydroxylation sites is 1. The van der Waals surface area contributed by atoms with Crippen LogP contribution in [0.25, 0.3) is 0 Å². The second-order valence-electron chi connectivity index (χ2n) is 6.85. The first-order valence-corrected chi connectivity index (χ1v) is 8.82. The number of benzene rings is 1. The summed E-state index contributed by atoms with van der Waals surface area (Å²) in [5, 5.41) is 0. The van der Waals surface area contributed by atoms with Crippen molar-refractivity contribution in [1.29, 1.82) is 0 Å². The maximum atomic E-state index is 12.4. The Labute approximate surface area is 143 Å². The van der Waals surface area contributed by atoms with Crippen LogP contribution in [-0.2, 0) is 16.1 Å². The number of ether oxygens (including phenoxy) is 3. The summed E-state index contributed by atoms with van der Waals surface area (Å²) in [7, 11) is 1.65. The van der Waals surface area contributed by atoms with Crippen LogP contribution < -0.4 is 9.47 Å². The Bertz CT molecular complexity index is 581. The van der Waals surface area contributed by atoms with E-state index in [1.165, 1.54) is 0 Å². The predicted molar refractivity (Wildman–Crippen MR) is 91.3 cm³/mol. The molecule has 2 fully saturated rings. The lowest BCUT2D eigenvalue weighted by atomic mass is 9.79. The second-order valence-corrected chi connectivity index (χ2v) is 6.85. The van der Waals surface area contributed by atoms with Crippen molar-refractivity contribution in [3.05, 3.63) is 23.8 Å². The Balaban J connectivity index is 1.79. The molecule has 3 rings (SSSR count).